The van der Waals surface area contributed by atoms with Gasteiger partial charge in [-0.25, -0.2) is 20.0 Å². The number of aliphatic hydroxyl groups is 1. The quantitative estimate of drug-likeness (QED) is 0.0170. The molecular formula is C37H47FN10O10. The molecular weight excluding hydrogens is 763 g/mol. The second-order valence-electron chi connectivity index (χ2n) is 13.6. The number of allylic oxidation sites excluding steroid dienone is 1. The Balaban J connectivity index is 1.12. The molecule has 2 aliphatic heterocycles. The number of halogens is 1. The Morgan fingerprint density at radius 1 is 1.03 bits per heavy atom. The van der Waals surface area contributed by atoms with E-state index < -0.39 is 46.6 Å². The zero-order valence-electron chi connectivity index (χ0n) is 32.1. The van der Waals surface area contributed by atoms with Gasteiger partial charge in [0.15, 0.2) is 5.60 Å². The number of ether oxygens (including phenoxy) is 3. The number of esters is 1. The van der Waals surface area contributed by atoms with Gasteiger partial charge in [-0.2, -0.15) is 0 Å². The first kappa shape index (κ1) is 43.1. The third-order valence-corrected chi connectivity index (χ3v) is 9.56. The van der Waals surface area contributed by atoms with Crippen LogP contribution in [0.5, 0.6) is 0 Å². The smallest absolute Gasteiger partial charge is 0.343 e. The second kappa shape index (κ2) is 19.0. The summed E-state index contributed by atoms with van der Waals surface area (Å²) in [6.45, 7) is 1.65. The number of aryl methyl sites for hydroxylation is 1. The molecule has 0 aliphatic carbocycles. The number of hydrogen-bond acceptors (Lipinski definition) is 15. The summed E-state index contributed by atoms with van der Waals surface area (Å²) in [5.74, 6) is 3.11. The molecule has 20 nitrogen and oxygen atoms in total. The molecule has 3 aromatic rings. The maximum Gasteiger partial charge on any atom is 0.343 e. The number of fused-ring (bicyclic) bond motifs is 5. The molecule has 0 unspecified atom stereocenters. The van der Waals surface area contributed by atoms with Crippen LogP contribution in [0.4, 0.5) is 4.39 Å². The van der Waals surface area contributed by atoms with E-state index >= 15 is 0 Å². The van der Waals surface area contributed by atoms with Crippen LogP contribution in [-0.2, 0) is 63.5 Å². The highest BCUT2D eigenvalue weighted by Gasteiger charge is 2.45. The second-order valence-corrected chi connectivity index (χ2v) is 13.6. The molecule has 0 saturated carbocycles. The highest BCUT2D eigenvalue weighted by atomic mass is 19.1. The number of pyridine rings is 2. The van der Waals surface area contributed by atoms with Crippen molar-refractivity contribution >= 4 is 40.5 Å². The zero-order valence-corrected chi connectivity index (χ0v) is 32.1. The fourth-order valence-electron chi connectivity index (χ4n) is 6.46. The molecule has 0 spiro atoms. The summed E-state index contributed by atoms with van der Waals surface area (Å²) in [4.78, 5) is 77.9. The van der Waals surface area contributed by atoms with Crippen molar-refractivity contribution in [2.75, 3.05) is 46.3 Å². The van der Waals surface area contributed by atoms with E-state index in [2.05, 4.69) is 21.3 Å². The number of aromatic nitrogens is 2. The first-order valence-electron chi connectivity index (χ1n) is 18.3. The molecule has 1 aromatic carbocycles. The Hall–Kier alpha value is -6.00. The Morgan fingerprint density at radius 3 is 2.41 bits per heavy atom. The molecule has 11 N–H and O–H groups in total. The van der Waals surface area contributed by atoms with Crippen molar-refractivity contribution in [2.24, 2.45) is 17.3 Å². The minimum absolute atomic E-state index is 0.0154. The van der Waals surface area contributed by atoms with E-state index in [4.69, 9.17) is 36.5 Å². The van der Waals surface area contributed by atoms with Gasteiger partial charge in [0.1, 0.15) is 39.1 Å². The fourth-order valence-corrected chi connectivity index (χ4v) is 6.46. The molecule has 4 heterocycles. The van der Waals surface area contributed by atoms with Crippen molar-refractivity contribution in [2.45, 2.75) is 58.4 Å². The molecule has 58 heavy (non-hydrogen) atoms. The summed E-state index contributed by atoms with van der Waals surface area (Å²) in [5, 5.41) is 22.9. The van der Waals surface area contributed by atoms with E-state index in [1.54, 1.807) is 26.0 Å². The minimum atomic E-state index is -2.00. The van der Waals surface area contributed by atoms with Crippen molar-refractivity contribution in [3.8, 4) is 11.4 Å². The highest BCUT2D eigenvalue weighted by molar-refractivity contribution is 5.90. The molecule has 2 aliphatic rings. The number of hydrazine groups is 1. The lowest BCUT2D eigenvalue weighted by molar-refractivity contribution is -0.172. The van der Waals surface area contributed by atoms with Crippen molar-refractivity contribution in [3.05, 3.63) is 74.1 Å². The standard InChI is InChI=1S/C37H47FN10O10/c1-3-37(55)26-8-29-34-24(14-48(29)35(53)25(26)15-58-36(37)54)23(22-7-20(2)27(38)9-28(22)46-34)13-47(41)12-21(40)5-4-6-42-32(51)16-56-19-45-31(50)11-43-33(52)17-57-18-44-30(49)10-39/h7-9,12,55H,3-6,10-11,13-19,39-41H2,1-2H3,(H,42,51)(H,43,52)(H,44,49)(H,45,50)/b21-12-/t37-/m0/s1. The van der Waals surface area contributed by atoms with E-state index in [1.807, 2.05) is 0 Å². The monoisotopic (exact) mass is 810 g/mol. The molecule has 5 rings (SSSR count). The molecule has 1 atom stereocenters. The van der Waals surface area contributed by atoms with Gasteiger partial charge in [0.05, 0.1) is 48.6 Å². The van der Waals surface area contributed by atoms with E-state index in [0.29, 0.717) is 57.5 Å². The van der Waals surface area contributed by atoms with Crippen LogP contribution in [0.25, 0.3) is 22.3 Å². The van der Waals surface area contributed by atoms with Crippen molar-refractivity contribution < 1.29 is 47.7 Å². The first-order valence-corrected chi connectivity index (χ1v) is 18.3. The molecule has 0 bridgehead atoms. The van der Waals surface area contributed by atoms with E-state index in [0.717, 1.165) is 0 Å². The summed E-state index contributed by atoms with van der Waals surface area (Å²) < 4.78 is 31.6. The number of benzene rings is 1. The number of cyclic esters (lactones) is 1. The summed E-state index contributed by atoms with van der Waals surface area (Å²) in [7, 11) is 0. The third kappa shape index (κ3) is 9.92. The van der Waals surface area contributed by atoms with Gasteiger partial charge in [-0.3, -0.25) is 24.0 Å². The van der Waals surface area contributed by atoms with Crippen molar-refractivity contribution in [3.63, 3.8) is 0 Å². The summed E-state index contributed by atoms with van der Waals surface area (Å²) in [6.07, 6.45) is 2.33. The number of amides is 4. The average molecular weight is 811 g/mol. The number of nitrogens with one attached hydrogen (secondary N) is 4. The molecule has 4 amide bonds. The molecule has 0 fully saturated rings. The Morgan fingerprint density at radius 2 is 1.72 bits per heavy atom. The highest BCUT2D eigenvalue weighted by Crippen LogP contribution is 2.40. The maximum atomic E-state index is 14.8. The zero-order chi connectivity index (χ0) is 42.1. The number of rotatable bonds is 19. The predicted molar refractivity (Wildman–Crippen MR) is 203 cm³/mol. The van der Waals surface area contributed by atoms with E-state index in [1.165, 1.54) is 21.8 Å². The van der Waals surface area contributed by atoms with Crippen molar-refractivity contribution in [1.82, 2.24) is 35.8 Å². The Kier molecular flexibility index (Phi) is 14.1. The van der Waals surface area contributed by atoms with Crippen LogP contribution in [0, 0.1) is 12.7 Å². The van der Waals surface area contributed by atoms with Gasteiger partial charge in [-0.15, -0.1) is 0 Å². The lowest BCUT2D eigenvalue weighted by Gasteiger charge is -2.31. The van der Waals surface area contributed by atoms with Crippen LogP contribution in [-0.4, -0.2) is 95.6 Å². The van der Waals surface area contributed by atoms with E-state index in [-0.39, 0.29) is 83.6 Å². The summed E-state index contributed by atoms with van der Waals surface area (Å²) in [5.41, 5.74) is 12.5. The van der Waals surface area contributed by atoms with Crippen LogP contribution >= 0.6 is 0 Å². The van der Waals surface area contributed by atoms with Gasteiger partial charge in [0.25, 0.3) is 5.56 Å². The number of carbonyl (C=O) groups is 5. The lowest BCUT2D eigenvalue weighted by atomic mass is 9.86. The SMILES string of the molecule is CC[C@@]1(O)C(=O)OCc2c1cc1n(c2=O)Cc2c-1nc1cc(F)c(C)cc1c2CN(N)/C=C(\N)CCCNC(=O)COCNC(=O)CNC(=O)COCNC(=O)CN. The van der Waals surface area contributed by atoms with Crippen LogP contribution in [0.3, 0.4) is 0 Å². The normalized spacial score (nSPS) is 15.6. The molecule has 312 valence electrons. The Labute approximate surface area is 331 Å². The van der Waals surface area contributed by atoms with Crippen LogP contribution in [0.1, 0.15) is 54.0 Å². The molecule has 21 heteroatoms. The molecule has 0 saturated heterocycles. The molecule has 2 aromatic heterocycles. The Bertz CT molecular complexity index is 2200. The fraction of sp³-hybridized carbons (Fsp3) is 0.432. The minimum Gasteiger partial charge on any atom is -0.458 e. The van der Waals surface area contributed by atoms with Gasteiger partial charge < -0.3 is 61.6 Å². The van der Waals surface area contributed by atoms with Crippen molar-refractivity contribution in [1.29, 1.82) is 0 Å². The summed E-state index contributed by atoms with van der Waals surface area (Å²) >= 11 is 0. The number of carbonyl (C=O) groups excluding carboxylic acids is 5. The van der Waals surface area contributed by atoms with Crippen LogP contribution in [0.15, 0.2) is 34.9 Å². The van der Waals surface area contributed by atoms with Gasteiger partial charge >= 0.3 is 5.97 Å². The van der Waals surface area contributed by atoms with Gasteiger partial charge in [-0.1, -0.05) is 6.92 Å². The van der Waals surface area contributed by atoms with Crippen LogP contribution in [0.2, 0.25) is 0 Å². The largest absolute Gasteiger partial charge is 0.458 e. The van der Waals surface area contributed by atoms with Gasteiger partial charge in [0.2, 0.25) is 23.6 Å². The number of nitrogens with two attached hydrogens (primary N) is 3. The van der Waals surface area contributed by atoms with Crippen LogP contribution < -0.4 is 44.1 Å². The first-order chi connectivity index (χ1) is 27.7. The number of nitrogens with zero attached hydrogens (tertiary/aromatic N) is 3. The van der Waals surface area contributed by atoms with Gasteiger partial charge in [-0.05, 0) is 49.4 Å². The lowest BCUT2D eigenvalue weighted by Crippen LogP contribution is -2.44. The van der Waals surface area contributed by atoms with Gasteiger partial charge in [0, 0.05) is 41.0 Å². The maximum absolute atomic E-state index is 14.8. The van der Waals surface area contributed by atoms with E-state index in [9.17, 15) is 38.3 Å². The summed E-state index contributed by atoms with van der Waals surface area (Å²) in [6, 6.07) is 4.57. The number of hydrogen-bond donors (Lipinski definition) is 8. The third-order valence-electron chi connectivity index (χ3n) is 9.56. The average Bonchev–Trinajstić information content (AvgIpc) is 3.56. The topological polar surface area (TPSA) is 298 Å². The molecule has 0 radical (unpaired) electrons. The predicted octanol–water partition coefficient (Wildman–Crippen LogP) is -1.85.